The van der Waals surface area contributed by atoms with Gasteiger partial charge < -0.3 is 4.74 Å². The van der Waals surface area contributed by atoms with E-state index in [-0.39, 0.29) is 4.90 Å². The lowest BCUT2D eigenvalue weighted by molar-refractivity contribution is 0.414. The highest BCUT2D eigenvalue weighted by Crippen LogP contribution is 2.34. The SMILES string of the molecule is COc1cccc([C@H](C)N(c2cccc(C)c2)S(=O)(=O)c2cccc(F)c2)c1. The quantitative estimate of drug-likeness (QED) is 0.579. The number of ether oxygens (including phenoxy) is 1. The van der Waals surface area contributed by atoms with Crippen molar-refractivity contribution in [1.29, 1.82) is 0 Å². The van der Waals surface area contributed by atoms with Crippen molar-refractivity contribution in [1.82, 2.24) is 0 Å². The summed E-state index contributed by atoms with van der Waals surface area (Å²) < 4.78 is 47.3. The maximum atomic E-state index is 13.8. The molecule has 0 heterocycles. The molecule has 0 saturated heterocycles. The Morgan fingerprint density at radius 3 is 2.36 bits per heavy atom. The van der Waals surface area contributed by atoms with Crippen LogP contribution in [0.15, 0.2) is 77.7 Å². The van der Waals surface area contributed by atoms with Crippen molar-refractivity contribution >= 4 is 15.7 Å². The van der Waals surface area contributed by atoms with Crippen molar-refractivity contribution < 1.29 is 17.5 Å². The third kappa shape index (κ3) is 4.02. The average molecular weight is 399 g/mol. The average Bonchev–Trinajstić information content (AvgIpc) is 2.68. The molecule has 0 aromatic heterocycles. The second-order valence-electron chi connectivity index (χ2n) is 6.55. The molecule has 0 aliphatic carbocycles. The molecule has 0 unspecified atom stereocenters. The number of anilines is 1. The zero-order chi connectivity index (χ0) is 20.3. The van der Waals surface area contributed by atoms with Crippen molar-refractivity contribution in [2.45, 2.75) is 24.8 Å². The molecule has 0 aliphatic heterocycles. The van der Waals surface area contributed by atoms with Gasteiger partial charge in [0.1, 0.15) is 11.6 Å². The lowest BCUT2D eigenvalue weighted by atomic mass is 10.1. The van der Waals surface area contributed by atoms with Gasteiger partial charge in [-0.05, 0) is 67.4 Å². The molecule has 3 aromatic rings. The summed E-state index contributed by atoms with van der Waals surface area (Å²) in [6.07, 6.45) is 0. The van der Waals surface area contributed by atoms with E-state index in [1.807, 2.05) is 25.1 Å². The van der Waals surface area contributed by atoms with Crippen LogP contribution in [-0.4, -0.2) is 15.5 Å². The molecule has 0 bridgehead atoms. The lowest BCUT2D eigenvalue weighted by Gasteiger charge is -2.31. The Hall–Kier alpha value is -2.86. The first-order valence-electron chi connectivity index (χ1n) is 8.83. The number of nitrogens with zero attached hydrogens (tertiary/aromatic N) is 1. The Morgan fingerprint density at radius 1 is 0.964 bits per heavy atom. The predicted molar refractivity (Wildman–Crippen MR) is 109 cm³/mol. The van der Waals surface area contributed by atoms with Gasteiger partial charge in [0.15, 0.2) is 0 Å². The number of rotatable bonds is 6. The largest absolute Gasteiger partial charge is 0.497 e. The molecule has 6 heteroatoms. The van der Waals surface area contributed by atoms with Crippen LogP contribution in [0.25, 0.3) is 0 Å². The highest BCUT2D eigenvalue weighted by Gasteiger charge is 2.31. The molecule has 4 nitrogen and oxygen atoms in total. The minimum absolute atomic E-state index is 0.0937. The topological polar surface area (TPSA) is 46.6 Å². The number of methoxy groups -OCH3 is 1. The molecule has 3 rings (SSSR count). The van der Waals surface area contributed by atoms with E-state index in [0.29, 0.717) is 11.4 Å². The van der Waals surface area contributed by atoms with Gasteiger partial charge in [-0.2, -0.15) is 0 Å². The molecule has 0 aliphatic rings. The van der Waals surface area contributed by atoms with E-state index in [4.69, 9.17) is 4.74 Å². The van der Waals surface area contributed by atoms with Crippen LogP contribution in [-0.2, 0) is 10.0 Å². The number of hydrogen-bond donors (Lipinski definition) is 0. The fraction of sp³-hybridized carbons (Fsp3) is 0.182. The number of hydrogen-bond acceptors (Lipinski definition) is 3. The van der Waals surface area contributed by atoms with E-state index in [2.05, 4.69) is 0 Å². The minimum Gasteiger partial charge on any atom is -0.497 e. The standard InChI is InChI=1S/C22H22FNO3S/c1-16-7-4-10-20(13-16)24(17(2)18-8-5-11-21(14-18)27-3)28(25,26)22-12-6-9-19(23)15-22/h4-15,17H,1-3H3/t17-/m0/s1. The summed E-state index contributed by atoms with van der Waals surface area (Å²) in [4.78, 5) is -0.0937. The third-order valence-electron chi connectivity index (χ3n) is 4.54. The van der Waals surface area contributed by atoms with Crippen molar-refractivity contribution in [2.75, 3.05) is 11.4 Å². The van der Waals surface area contributed by atoms with Crippen LogP contribution in [0, 0.1) is 12.7 Å². The van der Waals surface area contributed by atoms with E-state index in [1.54, 1.807) is 44.4 Å². The normalized spacial score (nSPS) is 12.4. The highest BCUT2D eigenvalue weighted by molar-refractivity contribution is 7.92. The second kappa shape index (κ2) is 8.02. The molecule has 28 heavy (non-hydrogen) atoms. The Morgan fingerprint density at radius 2 is 1.68 bits per heavy atom. The number of halogens is 1. The Bertz CT molecular complexity index is 1080. The third-order valence-corrected chi connectivity index (χ3v) is 6.43. The van der Waals surface area contributed by atoms with Crippen LogP contribution < -0.4 is 9.04 Å². The van der Waals surface area contributed by atoms with E-state index < -0.39 is 21.9 Å². The molecule has 3 aromatic carbocycles. The smallest absolute Gasteiger partial charge is 0.264 e. The van der Waals surface area contributed by atoms with Crippen LogP contribution in [0.2, 0.25) is 0 Å². The number of sulfonamides is 1. The molecular weight excluding hydrogens is 377 g/mol. The van der Waals surface area contributed by atoms with Gasteiger partial charge in [0.05, 0.1) is 23.7 Å². The van der Waals surface area contributed by atoms with Gasteiger partial charge in [0.25, 0.3) is 10.0 Å². The zero-order valence-electron chi connectivity index (χ0n) is 16.0. The number of aryl methyl sites for hydroxylation is 1. The molecule has 0 fully saturated rings. The number of benzene rings is 3. The van der Waals surface area contributed by atoms with E-state index in [1.165, 1.54) is 22.5 Å². The molecule has 0 amide bonds. The van der Waals surface area contributed by atoms with E-state index in [0.717, 1.165) is 17.2 Å². The van der Waals surface area contributed by atoms with Gasteiger partial charge in [-0.15, -0.1) is 0 Å². The summed E-state index contributed by atoms with van der Waals surface area (Å²) in [7, 11) is -2.45. The van der Waals surface area contributed by atoms with E-state index in [9.17, 15) is 12.8 Å². The monoisotopic (exact) mass is 399 g/mol. The van der Waals surface area contributed by atoms with Gasteiger partial charge in [0.2, 0.25) is 0 Å². The van der Waals surface area contributed by atoms with Crippen molar-refractivity contribution in [3.05, 3.63) is 89.7 Å². The molecule has 0 spiro atoms. The van der Waals surface area contributed by atoms with Crippen molar-refractivity contribution in [2.24, 2.45) is 0 Å². The zero-order valence-corrected chi connectivity index (χ0v) is 16.8. The maximum Gasteiger partial charge on any atom is 0.264 e. The van der Waals surface area contributed by atoms with Crippen LogP contribution in [0.3, 0.4) is 0 Å². The highest BCUT2D eigenvalue weighted by atomic mass is 32.2. The van der Waals surface area contributed by atoms with Gasteiger partial charge in [0, 0.05) is 0 Å². The molecule has 0 saturated carbocycles. The van der Waals surface area contributed by atoms with Crippen LogP contribution in [0.5, 0.6) is 5.75 Å². The molecular formula is C22H22FNO3S. The van der Waals surface area contributed by atoms with Crippen molar-refractivity contribution in [3.8, 4) is 5.75 Å². The lowest BCUT2D eigenvalue weighted by Crippen LogP contribution is -2.33. The Balaban J connectivity index is 2.17. The Labute approximate surface area is 165 Å². The molecule has 0 radical (unpaired) electrons. The summed E-state index contributed by atoms with van der Waals surface area (Å²) in [5.74, 6) is 0.0380. The van der Waals surface area contributed by atoms with Crippen molar-refractivity contribution in [3.63, 3.8) is 0 Å². The van der Waals surface area contributed by atoms with Crippen LogP contribution >= 0.6 is 0 Å². The van der Waals surface area contributed by atoms with Gasteiger partial charge in [-0.25, -0.2) is 12.8 Å². The maximum absolute atomic E-state index is 13.8. The van der Waals surface area contributed by atoms with Gasteiger partial charge in [-0.3, -0.25) is 4.31 Å². The first-order valence-corrected chi connectivity index (χ1v) is 10.3. The predicted octanol–water partition coefficient (Wildman–Crippen LogP) is 5.10. The van der Waals surface area contributed by atoms with Gasteiger partial charge >= 0.3 is 0 Å². The summed E-state index contributed by atoms with van der Waals surface area (Å²) in [6, 6.07) is 19.0. The van der Waals surface area contributed by atoms with E-state index >= 15 is 0 Å². The fourth-order valence-electron chi connectivity index (χ4n) is 3.11. The Kier molecular flexibility index (Phi) is 5.70. The summed E-state index contributed by atoms with van der Waals surface area (Å²) in [6.45, 7) is 3.70. The summed E-state index contributed by atoms with van der Waals surface area (Å²) in [5.41, 5.74) is 2.20. The van der Waals surface area contributed by atoms with Crippen LogP contribution in [0.1, 0.15) is 24.1 Å². The first kappa shape index (κ1) is 19.9. The molecule has 1 atom stereocenters. The molecule has 0 N–H and O–H groups in total. The minimum atomic E-state index is -4.01. The van der Waals surface area contributed by atoms with Gasteiger partial charge in [-0.1, -0.05) is 30.3 Å². The summed E-state index contributed by atoms with van der Waals surface area (Å²) in [5, 5.41) is 0. The second-order valence-corrected chi connectivity index (χ2v) is 8.36. The first-order chi connectivity index (χ1) is 13.3. The summed E-state index contributed by atoms with van der Waals surface area (Å²) >= 11 is 0. The fourth-order valence-corrected chi connectivity index (χ4v) is 4.78. The van der Waals surface area contributed by atoms with Crippen LogP contribution in [0.4, 0.5) is 10.1 Å². The molecule has 146 valence electrons.